The van der Waals surface area contributed by atoms with E-state index >= 15 is 0 Å². The van der Waals surface area contributed by atoms with Crippen molar-refractivity contribution < 1.29 is 4.79 Å². The van der Waals surface area contributed by atoms with Crippen LogP contribution in [0, 0.1) is 20.8 Å². The highest BCUT2D eigenvalue weighted by molar-refractivity contribution is 8.01. The number of H-pyrrole nitrogens is 1. The first-order valence-corrected chi connectivity index (χ1v) is 8.97. The Balaban J connectivity index is 1.56. The van der Waals surface area contributed by atoms with Gasteiger partial charge in [0.05, 0.1) is 23.3 Å². The lowest BCUT2D eigenvalue weighted by Gasteiger charge is -2.01. The van der Waals surface area contributed by atoms with Gasteiger partial charge in [-0.25, -0.2) is 4.98 Å². The molecule has 1 aromatic carbocycles. The van der Waals surface area contributed by atoms with Gasteiger partial charge in [-0.3, -0.25) is 4.79 Å². The van der Waals surface area contributed by atoms with E-state index in [9.17, 15) is 4.79 Å². The van der Waals surface area contributed by atoms with E-state index in [-0.39, 0.29) is 5.91 Å². The number of benzene rings is 1. The van der Waals surface area contributed by atoms with Crippen molar-refractivity contribution in [3.63, 3.8) is 0 Å². The number of amides is 1. The predicted molar refractivity (Wildman–Crippen MR) is 92.8 cm³/mol. The van der Waals surface area contributed by atoms with Gasteiger partial charge in [-0.2, -0.15) is 0 Å². The Morgan fingerprint density at radius 1 is 1.26 bits per heavy atom. The summed E-state index contributed by atoms with van der Waals surface area (Å²) >= 11 is 2.89. The molecule has 3 rings (SSSR count). The van der Waals surface area contributed by atoms with Gasteiger partial charge >= 0.3 is 0 Å². The second kappa shape index (κ2) is 6.67. The number of carbonyl (C=O) groups excluding carboxylic acids is 1. The molecule has 2 heterocycles. The largest absolute Gasteiger partial charge is 0.348 e. The first kappa shape index (κ1) is 15.9. The number of fused-ring (bicyclic) bond motifs is 1. The fraction of sp³-hybridized carbons (Fsp3) is 0.333. The molecular formula is C15H17N5OS2. The van der Waals surface area contributed by atoms with Crippen LogP contribution in [0.4, 0.5) is 0 Å². The Bertz CT molecular complexity index is 816. The van der Waals surface area contributed by atoms with Crippen LogP contribution in [0.2, 0.25) is 0 Å². The topological polar surface area (TPSA) is 83.6 Å². The summed E-state index contributed by atoms with van der Waals surface area (Å²) in [6.45, 7) is 6.43. The number of nitrogens with one attached hydrogen (secondary N) is 2. The Kier molecular flexibility index (Phi) is 4.63. The van der Waals surface area contributed by atoms with Crippen LogP contribution in [-0.4, -0.2) is 31.8 Å². The Morgan fingerprint density at radius 3 is 2.78 bits per heavy atom. The lowest BCUT2D eigenvalue weighted by Crippen LogP contribution is -2.25. The molecule has 0 aliphatic heterocycles. The molecule has 0 bridgehead atoms. The average molecular weight is 347 g/mol. The van der Waals surface area contributed by atoms with Gasteiger partial charge in [0.15, 0.2) is 4.34 Å². The lowest BCUT2D eigenvalue weighted by molar-refractivity contribution is -0.118. The van der Waals surface area contributed by atoms with Crippen molar-refractivity contribution in [2.45, 2.75) is 31.7 Å². The number of hydrogen-bond donors (Lipinski definition) is 2. The SMILES string of the molecule is Cc1nnc(SCC(=O)NCc2nc3cc(C)c(C)cc3[nH]2)s1. The van der Waals surface area contributed by atoms with Crippen molar-refractivity contribution in [3.05, 3.63) is 34.1 Å². The van der Waals surface area contributed by atoms with Crippen molar-refractivity contribution in [2.24, 2.45) is 0 Å². The molecule has 0 spiro atoms. The van der Waals surface area contributed by atoms with Gasteiger partial charge in [-0.05, 0) is 44.0 Å². The zero-order valence-electron chi connectivity index (χ0n) is 13.1. The van der Waals surface area contributed by atoms with Crippen LogP contribution in [0.1, 0.15) is 22.0 Å². The Hall–Kier alpha value is -1.93. The van der Waals surface area contributed by atoms with E-state index in [0.29, 0.717) is 12.3 Å². The number of aromatic nitrogens is 4. The molecule has 120 valence electrons. The molecule has 0 aliphatic carbocycles. The summed E-state index contributed by atoms with van der Waals surface area (Å²) in [5, 5.41) is 11.7. The highest BCUT2D eigenvalue weighted by atomic mass is 32.2. The number of carbonyl (C=O) groups is 1. The minimum atomic E-state index is -0.0457. The molecule has 0 atom stereocenters. The molecule has 6 nitrogen and oxygen atoms in total. The van der Waals surface area contributed by atoms with Gasteiger partial charge < -0.3 is 10.3 Å². The number of aromatic amines is 1. The molecule has 8 heteroatoms. The molecular weight excluding hydrogens is 330 g/mol. The molecule has 3 aromatic rings. The van der Waals surface area contributed by atoms with Crippen LogP contribution in [-0.2, 0) is 11.3 Å². The molecule has 0 saturated carbocycles. The smallest absolute Gasteiger partial charge is 0.230 e. The summed E-state index contributed by atoms with van der Waals surface area (Å²) in [5.74, 6) is 1.04. The zero-order valence-corrected chi connectivity index (χ0v) is 14.8. The molecule has 0 saturated heterocycles. The standard InChI is InChI=1S/C15H17N5OS2/c1-8-4-11-12(5-9(8)2)18-13(17-11)6-16-14(21)7-22-15-20-19-10(3)23-15/h4-5H,6-7H2,1-3H3,(H,16,21)(H,17,18). The highest BCUT2D eigenvalue weighted by Gasteiger charge is 2.09. The van der Waals surface area contributed by atoms with Crippen LogP contribution in [0.5, 0.6) is 0 Å². The van der Waals surface area contributed by atoms with Crippen molar-refractivity contribution in [3.8, 4) is 0 Å². The van der Waals surface area contributed by atoms with Gasteiger partial charge in [-0.1, -0.05) is 23.1 Å². The third-order valence-electron chi connectivity index (χ3n) is 3.43. The van der Waals surface area contributed by atoms with Crippen molar-refractivity contribution in [1.29, 1.82) is 0 Å². The van der Waals surface area contributed by atoms with Crippen LogP contribution in [0.3, 0.4) is 0 Å². The molecule has 1 amide bonds. The second-order valence-corrected chi connectivity index (χ2v) is 7.69. The monoisotopic (exact) mass is 347 g/mol. The number of hydrogen-bond acceptors (Lipinski definition) is 6. The van der Waals surface area contributed by atoms with E-state index in [2.05, 4.69) is 51.5 Å². The first-order valence-electron chi connectivity index (χ1n) is 7.16. The van der Waals surface area contributed by atoms with Gasteiger partial charge in [0, 0.05) is 0 Å². The quantitative estimate of drug-likeness (QED) is 0.693. The van der Waals surface area contributed by atoms with E-state index in [1.54, 1.807) is 0 Å². The van der Waals surface area contributed by atoms with Gasteiger partial charge in [0.25, 0.3) is 0 Å². The van der Waals surface area contributed by atoms with E-state index in [4.69, 9.17) is 0 Å². The van der Waals surface area contributed by atoms with Gasteiger partial charge in [-0.15, -0.1) is 10.2 Å². The normalized spacial score (nSPS) is 11.1. The second-order valence-electron chi connectivity index (χ2n) is 5.29. The minimum Gasteiger partial charge on any atom is -0.348 e. The van der Waals surface area contributed by atoms with E-state index < -0.39 is 0 Å². The van der Waals surface area contributed by atoms with E-state index in [1.807, 2.05) is 6.92 Å². The number of thioether (sulfide) groups is 1. The fourth-order valence-electron chi connectivity index (χ4n) is 2.10. The summed E-state index contributed by atoms with van der Waals surface area (Å²) in [7, 11) is 0. The highest BCUT2D eigenvalue weighted by Crippen LogP contribution is 2.21. The zero-order chi connectivity index (χ0) is 16.4. The maximum Gasteiger partial charge on any atom is 0.230 e. The number of imidazole rings is 1. The first-order chi connectivity index (χ1) is 11.0. The summed E-state index contributed by atoms with van der Waals surface area (Å²) in [4.78, 5) is 19.7. The van der Waals surface area contributed by atoms with E-state index in [1.165, 1.54) is 34.2 Å². The Labute approximate surface area is 142 Å². The third kappa shape index (κ3) is 3.89. The number of nitrogens with zero attached hydrogens (tertiary/aromatic N) is 3. The average Bonchev–Trinajstić information content (AvgIpc) is 3.09. The third-order valence-corrected chi connectivity index (χ3v) is 5.41. The maximum atomic E-state index is 11.9. The van der Waals surface area contributed by atoms with Gasteiger partial charge in [0.2, 0.25) is 5.91 Å². The fourth-order valence-corrected chi connectivity index (χ4v) is 3.75. The van der Waals surface area contributed by atoms with Crippen LogP contribution in [0.15, 0.2) is 16.5 Å². The molecule has 2 N–H and O–H groups in total. The van der Waals surface area contributed by atoms with Crippen LogP contribution in [0.25, 0.3) is 11.0 Å². The minimum absolute atomic E-state index is 0.0457. The van der Waals surface area contributed by atoms with Crippen molar-refractivity contribution in [1.82, 2.24) is 25.5 Å². The molecule has 2 aromatic heterocycles. The molecule has 0 fully saturated rings. The molecule has 0 unspecified atom stereocenters. The van der Waals surface area contributed by atoms with Crippen LogP contribution >= 0.6 is 23.1 Å². The van der Waals surface area contributed by atoms with Crippen LogP contribution < -0.4 is 5.32 Å². The lowest BCUT2D eigenvalue weighted by atomic mass is 10.1. The van der Waals surface area contributed by atoms with E-state index in [0.717, 1.165) is 26.2 Å². The Morgan fingerprint density at radius 2 is 2.04 bits per heavy atom. The van der Waals surface area contributed by atoms with Gasteiger partial charge in [0.1, 0.15) is 10.8 Å². The van der Waals surface area contributed by atoms with Crippen molar-refractivity contribution in [2.75, 3.05) is 5.75 Å². The number of aryl methyl sites for hydroxylation is 3. The molecule has 23 heavy (non-hydrogen) atoms. The maximum absolute atomic E-state index is 11.9. The summed E-state index contributed by atoms with van der Waals surface area (Å²) in [5.41, 5.74) is 4.36. The summed E-state index contributed by atoms with van der Waals surface area (Å²) < 4.78 is 0.812. The number of rotatable bonds is 5. The molecule has 0 aliphatic rings. The van der Waals surface area contributed by atoms with Crippen molar-refractivity contribution >= 4 is 40.0 Å². The predicted octanol–water partition coefficient (Wildman–Crippen LogP) is 2.75. The summed E-state index contributed by atoms with van der Waals surface area (Å²) in [6.07, 6.45) is 0. The molecule has 0 radical (unpaired) electrons. The summed E-state index contributed by atoms with van der Waals surface area (Å²) in [6, 6.07) is 4.14.